The van der Waals surface area contributed by atoms with Gasteiger partial charge in [0.2, 0.25) is 0 Å². The molecule has 0 radical (unpaired) electrons. The van der Waals surface area contributed by atoms with Crippen LogP contribution in [0.4, 0.5) is 0 Å². The maximum atomic E-state index is 4.86. The maximum absolute atomic E-state index is 4.86. The molecule has 1 fully saturated rings. The highest BCUT2D eigenvalue weighted by Gasteiger charge is 2.18. The van der Waals surface area contributed by atoms with E-state index in [9.17, 15) is 0 Å². The molecule has 0 aliphatic carbocycles. The normalized spacial score (nSPS) is 15.9. The molecule has 27 heavy (non-hydrogen) atoms. The molecule has 1 aliphatic heterocycles. The van der Waals surface area contributed by atoms with Crippen molar-refractivity contribution in [2.45, 2.75) is 26.9 Å². The fraction of sp³-hybridized carbons (Fsp3) is 0.348. The minimum atomic E-state index is 0.959. The summed E-state index contributed by atoms with van der Waals surface area (Å²) in [5.74, 6) is 0. The highest BCUT2D eigenvalue weighted by Crippen LogP contribution is 2.24. The van der Waals surface area contributed by atoms with Gasteiger partial charge in [-0.2, -0.15) is 0 Å². The van der Waals surface area contributed by atoms with Crippen LogP contribution in [0, 0.1) is 13.8 Å². The summed E-state index contributed by atoms with van der Waals surface area (Å²) < 4.78 is 0. The summed E-state index contributed by atoms with van der Waals surface area (Å²) in [6.07, 6.45) is 0. The highest BCUT2D eigenvalue weighted by molar-refractivity contribution is 7.13. The van der Waals surface area contributed by atoms with Gasteiger partial charge < -0.3 is 0 Å². The van der Waals surface area contributed by atoms with Crippen LogP contribution >= 0.6 is 11.3 Å². The van der Waals surface area contributed by atoms with Crippen molar-refractivity contribution in [3.8, 4) is 10.6 Å². The Bertz CT molecular complexity index is 859. The number of thiazole rings is 1. The zero-order chi connectivity index (χ0) is 18.6. The standard InChI is InChI=1S/C23H27N3S/c1-18-3-7-20(8-4-18)15-25-11-13-26(14-12-25)16-22-17-27-23(24-22)21-9-5-19(2)6-10-21/h3-10,17H,11-16H2,1-2H3. The molecular weight excluding hydrogens is 350 g/mol. The second kappa shape index (κ2) is 8.34. The van der Waals surface area contributed by atoms with Crippen molar-refractivity contribution in [2.24, 2.45) is 0 Å². The zero-order valence-corrected chi connectivity index (χ0v) is 17.0. The Balaban J connectivity index is 1.29. The van der Waals surface area contributed by atoms with Gasteiger partial charge in [-0.25, -0.2) is 4.98 Å². The zero-order valence-electron chi connectivity index (χ0n) is 16.2. The molecule has 3 nitrogen and oxygen atoms in total. The molecule has 0 amide bonds. The number of aromatic nitrogens is 1. The number of aryl methyl sites for hydroxylation is 2. The van der Waals surface area contributed by atoms with Crippen LogP contribution in [0.2, 0.25) is 0 Å². The summed E-state index contributed by atoms with van der Waals surface area (Å²) >= 11 is 1.75. The van der Waals surface area contributed by atoms with Crippen LogP contribution in [0.15, 0.2) is 53.9 Å². The Morgan fingerprint density at radius 3 is 1.96 bits per heavy atom. The van der Waals surface area contributed by atoms with E-state index in [4.69, 9.17) is 4.98 Å². The van der Waals surface area contributed by atoms with Crippen molar-refractivity contribution < 1.29 is 0 Å². The lowest BCUT2D eigenvalue weighted by molar-refractivity contribution is 0.121. The van der Waals surface area contributed by atoms with Gasteiger partial charge in [0.15, 0.2) is 0 Å². The second-order valence-electron chi connectivity index (χ2n) is 7.55. The van der Waals surface area contributed by atoms with Crippen molar-refractivity contribution in [2.75, 3.05) is 26.2 Å². The van der Waals surface area contributed by atoms with Gasteiger partial charge in [-0.3, -0.25) is 9.80 Å². The van der Waals surface area contributed by atoms with E-state index in [0.29, 0.717) is 0 Å². The number of nitrogens with zero attached hydrogens (tertiary/aromatic N) is 3. The molecule has 2 heterocycles. The number of rotatable bonds is 5. The van der Waals surface area contributed by atoms with Crippen LogP contribution in [0.25, 0.3) is 10.6 Å². The van der Waals surface area contributed by atoms with Crippen molar-refractivity contribution in [1.82, 2.24) is 14.8 Å². The van der Waals surface area contributed by atoms with Crippen LogP contribution in [0.3, 0.4) is 0 Å². The smallest absolute Gasteiger partial charge is 0.123 e. The predicted octanol–water partition coefficient (Wildman–Crippen LogP) is 4.74. The SMILES string of the molecule is Cc1ccc(CN2CCN(Cc3csc(-c4ccc(C)cc4)n3)CC2)cc1. The molecule has 4 rings (SSSR count). The number of benzene rings is 2. The maximum Gasteiger partial charge on any atom is 0.123 e. The number of hydrogen-bond donors (Lipinski definition) is 0. The summed E-state index contributed by atoms with van der Waals surface area (Å²) in [5, 5.41) is 3.34. The van der Waals surface area contributed by atoms with E-state index < -0.39 is 0 Å². The Kier molecular flexibility index (Phi) is 5.67. The first kappa shape index (κ1) is 18.4. The molecule has 3 aromatic rings. The molecule has 0 unspecified atom stereocenters. The second-order valence-corrected chi connectivity index (χ2v) is 8.41. The predicted molar refractivity (Wildman–Crippen MR) is 114 cm³/mol. The molecule has 1 aromatic heterocycles. The molecule has 1 saturated heterocycles. The average Bonchev–Trinajstić information content (AvgIpc) is 3.14. The fourth-order valence-electron chi connectivity index (χ4n) is 3.49. The molecule has 0 spiro atoms. The van der Waals surface area contributed by atoms with Gasteiger partial charge in [-0.15, -0.1) is 11.3 Å². The summed E-state index contributed by atoms with van der Waals surface area (Å²) in [4.78, 5) is 9.95. The summed E-state index contributed by atoms with van der Waals surface area (Å²) in [5.41, 5.74) is 6.45. The number of piperazine rings is 1. The van der Waals surface area contributed by atoms with Crippen LogP contribution in [0.5, 0.6) is 0 Å². The van der Waals surface area contributed by atoms with Crippen LogP contribution in [0.1, 0.15) is 22.4 Å². The fourth-order valence-corrected chi connectivity index (χ4v) is 4.31. The van der Waals surface area contributed by atoms with E-state index in [-0.39, 0.29) is 0 Å². The molecule has 140 valence electrons. The van der Waals surface area contributed by atoms with Gasteiger partial charge in [0.05, 0.1) is 5.69 Å². The third-order valence-electron chi connectivity index (χ3n) is 5.23. The van der Waals surface area contributed by atoms with E-state index in [1.807, 2.05) is 0 Å². The van der Waals surface area contributed by atoms with Gasteiger partial charge in [-0.05, 0) is 19.4 Å². The number of hydrogen-bond acceptors (Lipinski definition) is 4. The third-order valence-corrected chi connectivity index (χ3v) is 6.17. The summed E-state index contributed by atoms with van der Waals surface area (Å²) in [6, 6.07) is 17.6. The largest absolute Gasteiger partial charge is 0.297 e. The Morgan fingerprint density at radius 2 is 1.33 bits per heavy atom. The lowest BCUT2D eigenvalue weighted by Crippen LogP contribution is -2.45. The molecule has 2 aromatic carbocycles. The van der Waals surface area contributed by atoms with E-state index in [0.717, 1.165) is 44.3 Å². The van der Waals surface area contributed by atoms with E-state index >= 15 is 0 Å². The highest BCUT2D eigenvalue weighted by atomic mass is 32.1. The Labute approximate surface area is 166 Å². The van der Waals surface area contributed by atoms with Gasteiger partial charge in [0, 0.05) is 50.2 Å². The minimum Gasteiger partial charge on any atom is -0.297 e. The van der Waals surface area contributed by atoms with Crippen molar-refractivity contribution in [3.63, 3.8) is 0 Å². The lowest BCUT2D eigenvalue weighted by atomic mass is 10.1. The topological polar surface area (TPSA) is 19.4 Å². The first-order chi connectivity index (χ1) is 13.2. The van der Waals surface area contributed by atoms with Gasteiger partial charge in [0.1, 0.15) is 5.01 Å². The minimum absolute atomic E-state index is 0.959. The molecular formula is C23H27N3S. The summed E-state index contributed by atoms with van der Waals surface area (Å²) in [7, 11) is 0. The Morgan fingerprint density at radius 1 is 0.778 bits per heavy atom. The Hall–Kier alpha value is -2.01. The van der Waals surface area contributed by atoms with Crippen LogP contribution in [-0.4, -0.2) is 41.0 Å². The van der Waals surface area contributed by atoms with Crippen molar-refractivity contribution >= 4 is 11.3 Å². The molecule has 0 bridgehead atoms. The van der Waals surface area contributed by atoms with E-state index in [1.165, 1.54) is 27.9 Å². The first-order valence-corrected chi connectivity index (χ1v) is 10.6. The summed E-state index contributed by atoms with van der Waals surface area (Å²) in [6.45, 7) is 10.8. The van der Waals surface area contributed by atoms with Gasteiger partial charge in [-0.1, -0.05) is 59.7 Å². The average molecular weight is 378 g/mol. The van der Waals surface area contributed by atoms with E-state index in [2.05, 4.69) is 77.6 Å². The van der Waals surface area contributed by atoms with Crippen LogP contribution in [-0.2, 0) is 13.1 Å². The van der Waals surface area contributed by atoms with E-state index in [1.54, 1.807) is 11.3 Å². The molecule has 0 atom stereocenters. The van der Waals surface area contributed by atoms with Crippen LogP contribution < -0.4 is 0 Å². The third kappa shape index (κ3) is 4.83. The first-order valence-electron chi connectivity index (χ1n) is 9.67. The monoisotopic (exact) mass is 377 g/mol. The quantitative estimate of drug-likeness (QED) is 0.640. The lowest BCUT2D eigenvalue weighted by Gasteiger charge is -2.34. The van der Waals surface area contributed by atoms with Crippen molar-refractivity contribution in [3.05, 3.63) is 76.3 Å². The molecule has 0 saturated carbocycles. The van der Waals surface area contributed by atoms with Gasteiger partial charge in [0.25, 0.3) is 0 Å². The van der Waals surface area contributed by atoms with Crippen molar-refractivity contribution in [1.29, 1.82) is 0 Å². The molecule has 4 heteroatoms. The van der Waals surface area contributed by atoms with Gasteiger partial charge >= 0.3 is 0 Å². The molecule has 1 aliphatic rings. The molecule has 0 N–H and O–H groups in total.